The second-order valence-corrected chi connectivity index (χ2v) is 6.29. The molecular weight excluding hydrogens is 262 g/mol. The van der Waals surface area contributed by atoms with Crippen molar-refractivity contribution in [3.05, 3.63) is 52.6 Å². The average Bonchev–Trinajstić information content (AvgIpc) is 2.47. The monoisotopic (exact) mass is 281 g/mol. The van der Waals surface area contributed by atoms with E-state index in [1.807, 2.05) is 0 Å². The smallest absolute Gasteiger partial charge is 0.157 e. The molecule has 4 rings (SSSR count). The zero-order chi connectivity index (χ0) is 14.6. The van der Waals surface area contributed by atoms with Crippen molar-refractivity contribution in [2.45, 2.75) is 25.7 Å². The fraction of sp³-hybridized carbons (Fsp3) is 0.333. The highest BCUT2D eigenvalue weighted by molar-refractivity contribution is 5.62. The normalized spacial score (nSPS) is 22.7. The molecule has 1 aliphatic carbocycles. The lowest BCUT2D eigenvalue weighted by molar-refractivity contribution is 0.389. The van der Waals surface area contributed by atoms with Gasteiger partial charge in [-0.3, -0.25) is 0 Å². The Hall–Kier alpha value is -2.16. The van der Waals surface area contributed by atoms with Gasteiger partial charge in [-0.15, -0.1) is 0 Å². The van der Waals surface area contributed by atoms with Crippen LogP contribution in [0, 0.1) is 12.8 Å². The summed E-state index contributed by atoms with van der Waals surface area (Å²) >= 11 is 0. The molecule has 2 atom stereocenters. The molecule has 0 saturated carbocycles. The molecule has 0 fully saturated rings. The second kappa shape index (κ2) is 4.42. The summed E-state index contributed by atoms with van der Waals surface area (Å²) in [7, 11) is 0. The number of nitrogens with one attached hydrogen (secondary N) is 1. The van der Waals surface area contributed by atoms with Crippen LogP contribution in [0.2, 0.25) is 0 Å². The van der Waals surface area contributed by atoms with E-state index in [1.54, 1.807) is 12.1 Å². The van der Waals surface area contributed by atoms with Crippen molar-refractivity contribution >= 4 is 5.69 Å². The van der Waals surface area contributed by atoms with E-state index in [0.717, 1.165) is 19.4 Å². The van der Waals surface area contributed by atoms with E-state index < -0.39 is 0 Å². The summed E-state index contributed by atoms with van der Waals surface area (Å²) in [6, 6.07) is 10.0. The number of phenols is 2. The van der Waals surface area contributed by atoms with Gasteiger partial charge in [-0.25, -0.2) is 0 Å². The van der Waals surface area contributed by atoms with Crippen LogP contribution >= 0.6 is 0 Å². The number of aryl methyl sites for hydroxylation is 2. The lowest BCUT2D eigenvalue weighted by atomic mass is 9.69. The largest absolute Gasteiger partial charge is 0.504 e. The SMILES string of the molecule is Cc1ccc2c(c1)NC[C@@H]1CCc3cc(O)c(O)cc3[C@@H]21. The lowest BCUT2D eigenvalue weighted by Crippen LogP contribution is -2.32. The molecule has 3 N–H and O–H groups in total. The van der Waals surface area contributed by atoms with Gasteiger partial charge < -0.3 is 15.5 Å². The Morgan fingerprint density at radius 2 is 1.86 bits per heavy atom. The van der Waals surface area contributed by atoms with Crippen molar-refractivity contribution in [3.8, 4) is 11.5 Å². The molecule has 0 aromatic heterocycles. The van der Waals surface area contributed by atoms with Gasteiger partial charge in [0.2, 0.25) is 0 Å². The first-order chi connectivity index (χ1) is 10.1. The van der Waals surface area contributed by atoms with E-state index in [4.69, 9.17) is 0 Å². The molecule has 3 heteroatoms. The van der Waals surface area contributed by atoms with E-state index >= 15 is 0 Å². The molecule has 0 saturated heterocycles. The van der Waals surface area contributed by atoms with Crippen molar-refractivity contribution in [1.29, 1.82) is 0 Å². The maximum absolute atomic E-state index is 9.89. The van der Waals surface area contributed by atoms with Crippen molar-refractivity contribution in [1.82, 2.24) is 0 Å². The van der Waals surface area contributed by atoms with Gasteiger partial charge in [0.05, 0.1) is 0 Å². The summed E-state index contributed by atoms with van der Waals surface area (Å²) in [4.78, 5) is 0. The summed E-state index contributed by atoms with van der Waals surface area (Å²) in [6.07, 6.45) is 2.08. The fourth-order valence-electron chi connectivity index (χ4n) is 3.88. The van der Waals surface area contributed by atoms with Crippen LogP contribution in [0.5, 0.6) is 11.5 Å². The highest BCUT2D eigenvalue weighted by atomic mass is 16.3. The van der Waals surface area contributed by atoms with Crippen LogP contribution in [0.15, 0.2) is 30.3 Å². The number of anilines is 1. The molecule has 1 heterocycles. The zero-order valence-electron chi connectivity index (χ0n) is 12.1. The summed E-state index contributed by atoms with van der Waals surface area (Å²) in [5.41, 5.74) is 6.11. The van der Waals surface area contributed by atoms with Gasteiger partial charge >= 0.3 is 0 Å². The molecule has 3 nitrogen and oxygen atoms in total. The maximum atomic E-state index is 9.89. The molecule has 0 unspecified atom stereocenters. The number of aromatic hydroxyl groups is 2. The summed E-state index contributed by atoms with van der Waals surface area (Å²) in [6.45, 7) is 3.08. The molecule has 2 aromatic carbocycles. The predicted octanol–water partition coefficient (Wildman–Crippen LogP) is 3.53. The Balaban J connectivity index is 1.91. The van der Waals surface area contributed by atoms with Gasteiger partial charge in [-0.1, -0.05) is 12.1 Å². The van der Waals surface area contributed by atoms with Gasteiger partial charge in [-0.2, -0.15) is 0 Å². The molecule has 2 aliphatic rings. The molecule has 108 valence electrons. The van der Waals surface area contributed by atoms with Crippen molar-refractivity contribution in [2.24, 2.45) is 5.92 Å². The van der Waals surface area contributed by atoms with Crippen LogP contribution in [0.25, 0.3) is 0 Å². The number of hydrogen-bond acceptors (Lipinski definition) is 3. The Morgan fingerprint density at radius 1 is 1.05 bits per heavy atom. The van der Waals surface area contributed by atoms with Gasteiger partial charge in [0.1, 0.15) is 0 Å². The molecular formula is C18H19NO2. The van der Waals surface area contributed by atoms with Crippen LogP contribution in [-0.2, 0) is 6.42 Å². The van der Waals surface area contributed by atoms with E-state index in [9.17, 15) is 10.2 Å². The van der Waals surface area contributed by atoms with Crippen LogP contribution in [0.3, 0.4) is 0 Å². The molecule has 0 amide bonds. The zero-order valence-corrected chi connectivity index (χ0v) is 12.1. The van der Waals surface area contributed by atoms with E-state index in [-0.39, 0.29) is 11.5 Å². The van der Waals surface area contributed by atoms with Crippen LogP contribution in [-0.4, -0.2) is 16.8 Å². The molecule has 21 heavy (non-hydrogen) atoms. The molecule has 0 radical (unpaired) electrons. The second-order valence-electron chi connectivity index (χ2n) is 6.29. The molecule has 2 aromatic rings. The lowest BCUT2D eigenvalue weighted by Gasteiger charge is -2.39. The number of fused-ring (bicyclic) bond motifs is 5. The summed E-state index contributed by atoms with van der Waals surface area (Å²) < 4.78 is 0. The third-order valence-electron chi connectivity index (χ3n) is 4.93. The predicted molar refractivity (Wildman–Crippen MR) is 83.1 cm³/mol. The minimum atomic E-state index is -0.0124. The van der Waals surface area contributed by atoms with Crippen LogP contribution in [0.4, 0.5) is 5.69 Å². The number of hydrogen-bond donors (Lipinski definition) is 3. The quantitative estimate of drug-likeness (QED) is 0.648. The van der Waals surface area contributed by atoms with Crippen molar-refractivity contribution < 1.29 is 10.2 Å². The van der Waals surface area contributed by atoms with Crippen molar-refractivity contribution in [2.75, 3.05) is 11.9 Å². The van der Waals surface area contributed by atoms with Gasteiger partial charge in [-0.05, 0) is 66.1 Å². The maximum Gasteiger partial charge on any atom is 0.157 e. The van der Waals surface area contributed by atoms with Gasteiger partial charge in [0.25, 0.3) is 0 Å². The number of benzene rings is 2. The van der Waals surface area contributed by atoms with E-state index in [1.165, 1.54) is 27.9 Å². The third-order valence-corrected chi connectivity index (χ3v) is 4.93. The average molecular weight is 281 g/mol. The van der Waals surface area contributed by atoms with Crippen molar-refractivity contribution in [3.63, 3.8) is 0 Å². The highest BCUT2D eigenvalue weighted by Gasteiger charge is 2.35. The first-order valence-electron chi connectivity index (χ1n) is 7.52. The fourth-order valence-corrected chi connectivity index (χ4v) is 3.88. The van der Waals surface area contributed by atoms with Gasteiger partial charge in [0, 0.05) is 18.2 Å². The summed E-state index contributed by atoms with van der Waals surface area (Å²) in [5.74, 6) is 0.848. The van der Waals surface area contributed by atoms with Crippen LogP contribution < -0.4 is 5.32 Å². The van der Waals surface area contributed by atoms with Gasteiger partial charge in [0.15, 0.2) is 11.5 Å². The third kappa shape index (κ3) is 1.88. The Labute approximate surface area is 124 Å². The Morgan fingerprint density at radius 3 is 2.71 bits per heavy atom. The first-order valence-corrected chi connectivity index (χ1v) is 7.52. The number of rotatable bonds is 0. The highest BCUT2D eigenvalue weighted by Crippen LogP contribution is 2.48. The molecule has 0 bridgehead atoms. The topological polar surface area (TPSA) is 52.5 Å². The number of phenolic OH excluding ortho intramolecular Hbond substituents is 2. The Kier molecular flexibility index (Phi) is 2.64. The molecule has 1 aliphatic heterocycles. The standard InChI is InChI=1S/C18H19NO2/c1-10-2-5-13-15(6-10)19-9-12-4-3-11-7-16(20)17(21)8-14(11)18(12)13/h2,5-8,12,18-21H,3-4,9H2,1H3/t12-,18+/m0/s1. The van der Waals surface area contributed by atoms with E-state index in [2.05, 4.69) is 30.4 Å². The molecule has 0 spiro atoms. The minimum Gasteiger partial charge on any atom is -0.504 e. The Bertz CT molecular complexity index is 723. The summed E-state index contributed by atoms with van der Waals surface area (Å²) in [5, 5.41) is 23.2. The van der Waals surface area contributed by atoms with E-state index in [0.29, 0.717) is 11.8 Å². The first kappa shape index (κ1) is 12.6. The minimum absolute atomic E-state index is 0.00901. The van der Waals surface area contributed by atoms with Crippen LogP contribution in [0.1, 0.15) is 34.6 Å².